The normalized spacial score (nSPS) is 11.2. The molecule has 1 aromatic heterocycles. The van der Waals surface area contributed by atoms with Crippen LogP contribution in [0.1, 0.15) is 5.56 Å². The number of hydrogen-bond acceptors (Lipinski definition) is 3. The maximum Gasteiger partial charge on any atom is 0.387 e. The monoisotopic (exact) mass is 291 g/mol. The van der Waals surface area contributed by atoms with Crippen molar-refractivity contribution in [2.24, 2.45) is 0 Å². The number of fused-ring (bicyclic) bond motifs is 1. The van der Waals surface area contributed by atoms with Crippen LogP contribution in [-0.2, 0) is 5.33 Å². The fourth-order valence-electron chi connectivity index (χ4n) is 1.44. The number of alkyl halides is 3. The van der Waals surface area contributed by atoms with Gasteiger partial charge < -0.3 is 15.5 Å². The van der Waals surface area contributed by atoms with Gasteiger partial charge in [-0.05, 0) is 11.6 Å². The van der Waals surface area contributed by atoms with E-state index >= 15 is 0 Å². The SMILES string of the molecule is Nc1nc2c(CBr)ccc(OC(F)F)c2[nH]1. The minimum atomic E-state index is -2.87. The van der Waals surface area contributed by atoms with Crippen molar-refractivity contribution in [3.05, 3.63) is 17.7 Å². The van der Waals surface area contributed by atoms with Gasteiger partial charge in [0.2, 0.25) is 0 Å². The number of nitrogens with zero attached hydrogens (tertiary/aromatic N) is 1. The Bertz CT molecular complexity index is 515. The number of nitrogen functional groups attached to an aromatic ring is 1. The van der Waals surface area contributed by atoms with Crippen molar-refractivity contribution in [1.82, 2.24) is 9.97 Å². The van der Waals surface area contributed by atoms with Gasteiger partial charge in [-0.1, -0.05) is 22.0 Å². The molecule has 1 aromatic carbocycles. The Morgan fingerprint density at radius 3 is 2.88 bits per heavy atom. The molecule has 0 bridgehead atoms. The molecule has 0 amide bonds. The smallest absolute Gasteiger partial charge is 0.387 e. The minimum Gasteiger partial charge on any atom is -0.433 e. The molecule has 1 heterocycles. The van der Waals surface area contributed by atoms with Crippen LogP contribution in [-0.4, -0.2) is 16.6 Å². The quantitative estimate of drug-likeness (QED) is 0.855. The summed E-state index contributed by atoms with van der Waals surface area (Å²) in [6, 6.07) is 3.12. The highest BCUT2D eigenvalue weighted by molar-refractivity contribution is 9.08. The lowest BCUT2D eigenvalue weighted by Crippen LogP contribution is -2.02. The average Bonchev–Trinajstić information content (AvgIpc) is 2.59. The fourth-order valence-corrected chi connectivity index (χ4v) is 1.90. The van der Waals surface area contributed by atoms with E-state index in [1.54, 1.807) is 6.07 Å². The van der Waals surface area contributed by atoms with E-state index in [9.17, 15) is 8.78 Å². The predicted octanol–water partition coefficient (Wildman–Crippen LogP) is 2.64. The number of aromatic amines is 1. The number of halogens is 3. The van der Waals surface area contributed by atoms with Crippen molar-refractivity contribution < 1.29 is 13.5 Å². The molecule has 3 N–H and O–H groups in total. The van der Waals surface area contributed by atoms with E-state index in [1.165, 1.54) is 6.07 Å². The molecule has 0 unspecified atom stereocenters. The van der Waals surface area contributed by atoms with Crippen molar-refractivity contribution in [3.8, 4) is 5.75 Å². The summed E-state index contributed by atoms with van der Waals surface area (Å²) < 4.78 is 28.6. The molecule has 2 rings (SSSR count). The van der Waals surface area contributed by atoms with Crippen LogP contribution in [0.25, 0.3) is 11.0 Å². The van der Waals surface area contributed by atoms with Gasteiger partial charge in [-0.15, -0.1) is 0 Å². The van der Waals surface area contributed by atoms with Crippen LogP contribution >= 0.6 is 15.9 Å². The summed E-state index contributed by atoms with van der Waals surface area (Å²) in [5.74, 6) is 0.210. The average molecular weight is 292 g/mol. The number of hydrogen-bond donors (Lipinski definition) is 2. The van der Waals surface area contributed by atoms with Crippen LogP contribution in [0, 0.1) is 0 Å². The number of benzene rings is 1. The van der Waals surface area contributed by atoms with Gasteiger partial charge >= 0.3 is 6.61 Å². The highest BCUT2D eigenvalue weighted by Gasteiger charge is 2.13. The van der Waals surface area contributed by atoms with E-state index in [0.717, 1.165) is 5.56 Å². The van der Waals surface area contributed by atoms with E-state index in [1.807, 2.05) is 0 Å². The van der Waals surface area contributed by atoms with Crippen LogP contribution in [0.15, 0.2) is 12.1 Å². The number of ether oxygens (including phenoxy) is 1. The van der Waals surface area contributed by atoms with Crippen molar-refractivity contribution in [2.75, 3.05) is 5.73 Å². The summed E-state index contributed by atoms with van der Waals surface area (Å²) in [5.41, 5.74) is 7.26. The summed E-state index contributed by atoms with van der Waals surface area (Å²) in [6.07, 6.45) is 0. The molecule has 2 aromatic rings. The third kappa shape index (κ3) is 1.95. The molecule has 0 radical (unpaired) electrons. The zero-order valence-electron chi connectivity index (χ0n) is 8.01. The van der Waals surface area contributed by atoms with Gasteiger partial charge in [-0.2, -0.15) is 8.78 Å². The zero-order valence-corrected chi connectivity index (χ0v) is 9.59. The molecule has 0 fully saturated rings. The fraction of sp³-hybridized carbons (Fsp3) is 0.222. The highest BCUT2D eigenvalue weighted by atomic mass is 79.9. The van der Waals surface area contributed by atoms with E-state index in [4.69, 9.17) is 5.73 Å². The Morgan fingerprint density at radius 1 is 1.50 bits per heavy atom. The van der Waals surface area contributed by atoms with Crippen molar-refractivity contribution in [1.29, 1.82) is 0 Å². The summed E-state index contributed by atoms with van der Waals surface area (Å²) in [5, 5.41) is 0.558. The minimum absolute atomic E-state index is 0.0406. The number of H-pyrrole nitrogens is 1. The molecule has 0 saturated heterocycles. The Labute approximate surface area is 97.9 Å². The second-order valence-electron chi connectivity index (χ2n) is 3.08. The van der Waals surface area contributed by atoms with Gasteiger partial charge in [0.1, 0.15) is 5.52 Å². The second kappa shape index (κ2) is 4.25. The van der Waals surface area contributed by atoms with Gasteiger partial charge in [0, 0.05) is 5.33 Å². The van der Waals surface area contributed by atoms with Crippen LogP contribution in [0.4, 0.5) is 14.7 Å². The summed E-state index contributed by atoms with van der Waals surface area (Å²) in [4.78, 5) is 6.71. The standard InChI is InChI=1S/C9H8BrF2N3O/c10-3-4-1-2-5(16-8(11)12)7-6(4)14-9(13)15-7/h1-2,8H,3H2,(H3,13,14,15). The molecule has 0 saturated carbocycles. The number of nitrogens with two attached hydrogens (primary N) is 1. The first kappa shape index (κ1) is 11.1. The van der Waals surface area contributed by atoms with E-state index in [-0.39, 0.29) is 11.7 Å². The van der Waals surface area contributed by atoms with Gasteiger partial charge in [0.25, 0.3) is 0 Å². The highest BCUT2D eigenvalue weighted by Crippen LogP contribution is 2.29. The Balaban J connectivity index is 2.59. The predicted molar refractivity (Wildman–Crippen MR) is 59.8 cm³/mol. The molecule has 0 aliphatic carbocycles. The molecular formula is C9H8BrF2N3O. The van der Waals surface area contributed by atoms with Gasteiger partial charge in [-0.3, -0.25) is 0 Å². The molecule has 7 heteroatoms. The first-order chi connectivity index (χ1) is 7.61. The molecule has 0 atom stereocenters. The molecular weight excluding hydrogens is 284 g/mol. The Hall–Kier alpha value is -1.37. The third-order valence-electron chi connectivity index (χ3n) is 2.07. The lowest BCUT2D eigenvalue weighted by atomic mass is 10.2. The van der Waals surface area contributed by atoms with Crippen molar-refractivity contribution >= 4 is 32.9 Å². The molecule has 0 aliphatic rings. The lowest BCUT2D eigenvalue weighted by Gasteiger charge is -2.06. The van der Waals surface area contributed by atoms with E-state index in [0.29, 0.717) is 16.4 Å². The summed E-state index contributed by atoms with van der Waals surface area (Å²) >= 11 is 3.28. The topological polar surface area (TPSA) is 63.9 Å². The molecule has 16 heavy (non-hydrogen) atoms. The van der Waals surface area contributed by atoms with Crippen LogP contribution in [0.2, 0.25) is 0 Å². The van der Waals surface area contributed by atoms with Crippen molar-refractivity contribution in [2.45, 2.75) is 11.9 Å². The lowest BCUT2D eigenvalue weighted by molar-refractivity contribution is -0.0489. The Kier molecular flexibility index (Phi) is 2.95. The zero-order chi connectivity index (χ0) is 11.7. The summed E-state index contributed by atoms with van der Waals surface area (Å²) in [7, 11) is 0. The first-order valence-corrected chi connectivity index (χ1v) is 5.52. The molecule has 4 nitrogen and oxygen atoms in total. The van der Waals surface area contributed by atoms with Gasteiger partial charge in [0.05, 0.1) is 5.52 Å². The number of imidazole rings is 1. The Morgan fingerprint density at radius 2 is 2.25 bits per heavy atom. The number of aromatic nitrogens is 2. The number of anilines is 1. The van der Waals surface area contributed by atoms with Crippen molar-refractivity contribution in [3.63, 3.8) is 0 Å². The largest absolute Gasteiger partial charge is 0.433 e. The maximum atomic E-state index is 12.1. The van der Waals surface area contributed by atoms with Crippen LogP contribution in [0.5, 0.6) is 5.75 Å². The summed E-state index contributed by atoms with van der Waals surface area (Å²) in [6.45, 7) is -2.87. The molecule has 86 valence electrons. The van der Waals surface area contributed by atoms with E-state index < -0.39 is 6.61 Å². The van der Waals surface area contributed by atoms with Crippen LogP contribution in [0.3, 0.4) is 0 Å². The van der Waals surface area contributed by atoms with Gasteiger partial charge in [0.15, 0.2) is 11.7 Å². The van der Waals surface area contributed by atoms with Gasteiger partial charge in [-0.25, -0.2) is 4.98 Å². The maximum absolute atomic E-state index is 12.1. The third-order valence-corrected chi connectivity index (χ3v) is 2.67. The van der Waals surface area contributed by atoms with E-state index in [2.05, 4.69) is 30.6 Å². The molecule has 0 spiro atoms. The number of rotatable bonds is 3. The second-order valence-corrected chi connectivity index (χ2v) is 3.64. The molecule has 0 aliphatic heterocycles. The number of nitrogens with one attached hydrogen (secondary N) is 1. The van der Waals surface area contributed by atoms with Crippen LogP contribution < -0.4 is 10.5 Å². The first-order valence-electron chi connectivity index (χ1n) is 4.39.